The number of nitrogens with zero attached hydrogens (tertiary/aromatic N) is 2. The minimum absolute atomic E-state index is 0.366. The third-order valence-corrected chi connectivity index (χ3v) is 2.55. The predicted molar refractivity (Wildman–Crippen MR) is 51.4 cm³/mol. The number of rotatable bonds is 2. The predicted octanol–water partition coefficient (Wildman–Crippen LogP) is 2.13. The van der Waals surface area contributed by atoms with Gasteiger partial charge in [0, 0.05) is 5.56 Å². The highest BCUT2D eigenvalue weighted by Crippen LogP contribution is 2.21. The van der Waals surface area contributed by atoms with Crippen LogP contribution >= 0.6 is 11.3 Å². The molecule has 0 bridgehead atoms. The smallest absolute Gasteiger partial charge is 0.235 e. The van der Waals surface area contributed by atoms with Crippen LogP contribution in [-0.2, 0) is 11.3 Å². The third kappa shape index (κ3) is 1.49. The van der Waals surface area contributed by atoms with Crippen molar-refractivity contribution < 1.29 is 4.79 Å². The minimum atomic E-state index is 0.366. The van der Waals surface area contributed by atoms with Crippen molar-refractivity contribution in [2.45, 2.75) is 6.54 Å². The van der Waals surface area contributed by atoms with Crippen LogP contribution in [-0.4, -0.2) is 11.1 Å². The van der Waals surface area contributed by atoms with E-state index < -0.39 is 0 Å². The van der Waals surface area contributed by atoms with Crippen molar-refractivity contribution in [2.75, 3.05) is 0 Å². The lowest BCUT2D eigenvalue weighted by Gasteiger charge is -1.94. The van der Waals surface area contributed by atoms with Crippen molar-refractivity contribution in [1.29, 1.82) is 0 Å². The van der Waals surface area contributed by atoms with Crippen LogP contribution in [0.2, 0.25) is 0 Å². The first-order chi connectivity index (χ1) is 6.42. The maximum absolute atomic E-state index is 9.94. The van der Waals surface area contributed by atoms with Gasteiger partial charge in [-0.15, -0.1) is 11.3 Å². The average molecular weight is 190 g/mol. The molecule has 0 atom stereocenters. The summed E-state index contributed by atoms with van der Waals surface area (Å²) in [5, 5.41) is 0. The lowest BCUT2D eigenvalue weighted by atomic mass is 10.2. The van der Waals surface area contributed by atoms with Gasteiger partial charge in [0.15, 0.2) is 0 Å². The zero-order chi connectivity index (χ0) is 9.10. The van der Waals surface area contributed by atoms with Crippen LogP contribution in [0.3, 0.4) is 0 Å². The molecule has 0 aliphatic rings. The van der Waals surface area contributed by atoms with Gasteiger partial charge in [0.05, 0.1) is 22.3 Å². The van der Waals surface area contributed by atoms with Gasteiger partial charge in [0.1, 0.15) is 0 Å². The van der Waals surface area contributed by atoms with E-state index in [-0.39, 0.29) is 0 Å². The fourth-order valence-corrected chi connectivity index (χ4v) is 1.91. The molecule has 1 aromatic heterocycles. The van der Waals surface area contributed by atoms with Gasteiger partial charge < -0.3 is 0 Å². The molecule has 0 unspecified atom stereocenters. The number of carbonyl (C=O) groups excluding carboxylic acids is 1. The maximum Gasteiger partial charge on any atom is 0.235 e. The number of benzene rings is 1. The monoisotopic (exact) mass is 190 g/mol. The zero-order valence-corrected chi connectivity index (χ0v) is 7.54. The Morgan fingerprint density at radius 3 is 3.31 bits per heavy atom. The van der Waals surface area contributed by atoms with Gasteiger partial charge in [-0.05, 0) is 6.07 Å². The van der Waals surface area contributed by atoms with Crippen LogP contribution in [0.25, 0.3) is 10.2 Å². The van der Waals surface area contributed by atoms with E-state index >= 15 is 0 Å². The van der Waals surface area contributed by atoms with Crippen molar-refractivity contribution in [3.63, 3.8) is 0 Å². The second kappa shape index (κ2) is 3.47. The molecule has 64 valence electrons. The van der Waals surface area contributed by atoms with E-state index in [1.165, 1.54) is 6.08 Å². The summed E-state index contributed by atoms with van der Waals surface area (Å²) in [7, 11) is 0. The Labute approximate surface area is 78.8 Å². The number of aromatic nitrogens is 1. The van der Waals surface area contributed by atoms with Crippen molar-refractivity contribution in [1.82, 2.24) is 4.98 Å². The molecule has 0 N–H and O–H groups in total. The number of fused-ring (bicyclic) bond motifs is 1. The van der Waals surface area contributed by atoms with E-state index in [1.54, 1.807) is 16.8 Å². The van der Waals surface area contributed by atoms with Gasteiger partial charge in [-0.1, -0.05) is 12.1 Å². The van der Waals surface area contributed by atoms with E-state index in [0.29, 0.717) is 6.54 Å². The van der Waals surface area contributed by atoms with E-state index in [9.17, 15) is 4.79 Å². The van der Waals surface area contributed by atoms with E-state index in [4.69, 9.17) is 0 Å². The summed E-state index contributed by atoms with van der Waals surface area (Å²) in [4.78, 5) is 17.7. The first-order valence-corrected chi connectivity index (χ1v) is 4.64. The number of aliphatic imine (C=N–C) groups is 1. The third-order valence-electron chi connectivity index (χ3n) is 1.76. The molecule has 0 spiro atoms. The summed E-state index contributed by atoms with van der Waals surface area (Å²) in [5.74, 6) is 0. The van der Waals surface area contributed by atoms with Crippen LogP contribution in [0, 0.1) is 0 Å². The van der Waals surface area contributed by atoms with Crippen LogP contribution in [0.4, 0.5) is 0 Å². The second-order valence-electron chi connectivity index (χ2n) is 2.52. The molecule has 1 aromatic carbocycles. The van der Waals surface area contributed by atoms with E-state index in [2.05, 4.69) is 9.98 Å². The molecule has 0 radical (unpaired) electrons. The summed E-state index contributed by atoms with van der Waals surface area (Å²) in [6, 6.07) is 5.86. The maximum atomic E-state index is 9.94. The number of hydrogen-bond donors (Lipinski definition) is 0. The zero-order valence-electron chi connectivity index (χ0n) is 6.73. The number of isocyanates is 1. The van der Waals surface area contributed by atoms with Gasteiger partial charge in [-0.3, -0.25) is 0 Å². The van der Waals surface area contributed by atoms with Gasteiger partial charge in [-0.2, -0.15) is 0 Å². The van der Waals surface area contributed by atoms with Crippen LogP contribution in [0.1, 0.15) is 5.56 Å². The molecule has 13 heavy (non-hydrogen) atoms. The Balaban J connectivity index is 2.54. The fraction of sp³-hybridized carbons (Fsp3) is 0.111. The lowest BCUT2D eigenvalue weighted by Crippen LogP contribution is -1.82. The van der Waals surface area contributed by atoms with Gasteiger partial charge in [-0.25, -0.2) is 14.8 Å². The van der Waals surface area contributed by atoms with Crippen LogP contribution in [0.15, 0.2) is 28.7 Å². The second-order valence-corrected chi connectivity index (χ2v) is 3.41. The highest BCUT2D eigenvalue weighted by Gasteiger charge is 2.01. The van der Waals surface area contributed by atoms with E-state index in [0.717, 1.165) is 15.8 Å². The highest BCUT2D eigenvalue weighted by atomic mass is 32.1. The number of thiazole rings is 1. The molecule has 0 saturated heterocycles. The van der Waals surface area contributed by atoms with E-state index in [1.807, 2.05) is 18.2 Å². The molecule has 0 amide bonds. The quantitative estimate of drug-likeness (QED) is 0.537. The molecule has 0 aliphatic carbocycles. The van der Waals surface area contributed by atoms with Crippen LogP contribution in [0.5, 0.6) is 0 Å². The molecule has 4 heteroatoms. The number of para-hydroxylation sites is 1. The Kier molecular flexibility index (Phi) is 2.17. The summed E-state index contributed by atoms with van der Waals surface area (Å²) in [6.45, 7) is 0.366. The molecule has 3 nitrogen and oxygen atoms in total. The Morgan fingerprint density at radius 2 is 2.46 bits per heavy atom. The minimum Gasteiger partial charge on any atom is -0.244 e. The average Bonchev–Trinajstić information content (AvgIpc) is 2.62. The van der Waals surface area contributed by atoms with Crippen molar-refractivity contribution in [3.8, 4) is 0 Å². The van der Waals surface area contributed by atoms with Gasteiger partial charge in [0.2, 0.25) is 6.08 Å². The fourth-order valence-electron chi connectivity index (χ4n) is 1.19. The SMILES string of the molecule is O=C=NCc1cccc2scnc12. The normalized spacial score (nSPS) is 9.85. The molecular formula is C9H6N2OS. The largest absolute Gasteiger partial charge is 0.244 e. The summed E-state index contributed by atoms with van der Waals surface area (Å²) in [6.07, 6.45) is 1.52. The molecule has 1 heterocycles. The highest BCUT2D eigenvalue weighted by molar-refractivity contribution is 7.16. The summed E-state index contributed by atoms with van der Waals surface area (Å²) in [5.41, 5.74) is 3.70. The Bertz CT molecular complexity index is 471. The van der Waals surface area contributed by atoms with Crippen molar-refractivity contribution in [3.05, 3.63) is 29.3 Å². The Morgan fingerprint density at radius 1 is 1.54 bits per heavy atom. The molecule has 0 saturated carbocycles. The molecule has 0 fully saturated rings. The summed E-state index contributed by atoms with van der Waals surface area (Å²) >= 11 is 1.58. The summed E-state index contributed by atoms with van der Waals surface area (Å²) < 4.78 is 1.12. The standard InChI is InChI=1S/C9H6N2OS/c12-5-10-4-7-2-1-3-8-9(7)11-6-13-8/h1-3,6H,4H2. The first-order valence-electron chi connectivity index (χ1n) is 3.76. The van der Waals surface area contributed by atoms with Crippen molar-refractivity contribution >= 4 is 27.6 Å². The number of hydrogen-bond acceptors (Lipinski definition) is 4. The molecular weight excluding hydrogens is 184 g/mol. The molecule has 0 aliphatic heterocycles. The van der Waals surface area contributed by atoms with Gasteiger partial charge >= 0.3 is 0 Å². The van der Waals surface area contributed by atoms with Crippen LogP contribution < -0.4 is 0 Å². The first kappa shape index (κ1) is 8.10. The molecule has 2 rings (SSSR count). The van der Waals surface area contributed by atoms with Gasteiger partial charge in [0.25, 0.3) is 0 Å². The Hall–Kier alpha value is -1.51. The molecule has 2 aromatic rings. The topological polar surface area (TPSA) is 42.3 Å². The van der Waals surface area contributed by atoms with Crippen molar-refractivity contribution in [2.24, 2.45) is 4.99 Å². The lowest BCUT2D eigenvalue weighted by molar-refractivity contribution is 0.563.